The van der Waals surface area contributed by atoms with Gasteiger partial charge in [0.15, 0.2) is 0 Å². The Morgan fingerprint density at radius 2 is 1.42 bits per heavy atom. The number of esters is 1. The Labute approximate surface area is 224 Å². The molecule has 5 aromatic rings. The summed E-state index contributed by atoms with van der Waals surface area (Å²) in [5, 5.41) is 0. The number of halogens is 1. The lowest BCUT2D eigenvalue weighted by Gasteiger charge is -2.15. The molecule has 0 aliphatic carbocycles. The van der Waals surface area contributed by atoms with E-state index in [-0.39, 0.29) is 5.97 Å². The van der Waals surface area contributed by atoms with Gasteiger partial charge in [-0.05, 0) is 88.3 Å². The predicted octanol–water partition coefficient (Wildman–Crippen LogP) is 7.95. The van der Waals surface area contributed by atoms with Gasteiger partial charge >= 0.3 is 5.97 Å². The number of methoxy groups -OCH3 is 1. The lowest BCUT2D eigenvalue weighted by Crippen LogP contribution is -2.03. The largest absolute Gasteiger partial charge is 0.465 e. The van der Waals surface area contributed by atoms with E-state index in [9.17, 15) is 4.79 Å². The molecule has 4 aromatic carbocycles. The SMILES string of the molecule is COC(=O)c1ccc(-n2c(-c3ccccc3)cc(C=Nc3ccc(I)cc3)c2-c2ccccc2)cc1. The van der Waals surface area contributed by atoms with Gasteiger partial charge in [0.25, 0.3) is 0 Å². The highest BCUT2D eigenvalue weighted by Crippen LogP contribution is 2.35. The second kappa shape index (κ2) is 10.7. The Balaban J connectivity index is 1.74. The topological polar surface area (TPSA) is 43.6 Å². The lowest BCUT2D eigenvalue weighted by atomic mass is 10.1. The van der Waals surface area contributed by atoms with Gasteiger partial charge in [-0.3, -0.25) is 4.99 Å². The van der Waals surface area contributed by atoms with Crippen LogP contribution in [-0.2, 0) is 4.74 Å². The molecular formula is C31H23IN2O2. The van der Waals surface area contributed by atoms with Crippen molar-refractivity contribution in [1.82, 2.24) is 4.57 Å². The molecule has 0 saturated carbocycles. The molecule has 0 aliphatic rings. The molecule has 1 heterocycles. The minimum atomic E-state index is -0.356. The van der Waals surface area contributed by atoms with Crippen LogP contribution in [0.1, 0.15) is 15.9 Å². The number of hydrogen-bond donors (Lipinski definition) is 0. The van der Waals surface area contributed by atoms with Crippen LogP contribution in [-0.4, -0.2) is 23.9 Å². The van der Waals surface area contributed by atoms with Gasteiger partial charge in [0.2, 0.25) is 0 Å². The fourth-order valence-corrected chi connectivity index (χ4v) is 4.50. The fourth-order valence-electron chi connectivity index (χ4n) is 4.15. The average Bonchev–Trinajstić information content (AvgIpc) is 3.33. The van der Waals surface area contributed by atoms with Crippen molar-refractivity contribution in [1.29, 1.82) is 0 Å². The molecule has 0 saturated heterocycles. The molecule has 36 heavy (non-hydrogen) atoms. The van der Waals surface area contributed by atoms with Crippen molar-refractivity contribution in [2.24, 2.45) is 4.99 Å². The molecule has 4 nitrogen and oxygen atoms in total. The monoisotopic (exact) mass is 582 g/mol. The molecule has 0 radical (unpaired) electrons. The van der Waals surface area contributed by atoms with Crippen LogP contribution in [0.2, 0.25) is 0 Å². The second-order valence-corrected chi connectivity index (χ2v) is 9.42. The number of benzene rings is 4. The quantitative estimate of drug-likeness (QED) is 0.116. The Hall–Kier alpha value is -3.97. The number of aliphatic imine (C=N–C) groups is 1. The summed E-state index contributed by atoms with van der Waals surface area (Å²) < 4.78 is 8.28. The number of ether oxygens (including phenoxy) is 1. The molecule has 5 heteroatoms. The molecule has 176 valence electrons. The maximum absolute atomic E-state index is 12.0. The van der Waals surface area contributed by atoms with Crippen LogP contribution in [0.25, 0.3) is 28.2 Å². The molecule has 1 aromatic heterocycles. The highest BCUT2D eigenvalue weighted by Gasteiger charge is 2.19. The smallest absolute Gasteiger partial charge is 0.337 e. The van der Waals surface area contributed by atoms with Crippen LogP contribution >= 0.6 is 22.6 Å². The highest BCUT2D eigenvalue weighted by atomic mass is 127. The van der Waals surface area contributed by atoms with Gasteiger partial charge in [-0.2, -0.15) is 0 Å². The number of hydrogen-bond acceptors (Lipinski definition) is 3. The Kier molecular flexibility index (Phi) is 7.09. The van der Waals surface area contributed by atoms with Crippen LogP contribution in [0.3, 0.4) is 0 Å². The zero-order valence-electron chi connectivity index (χ0n) is 19.6. The summed E-state index contributed by atoms with van der Waals surface area (Å²) in [5.74, 6) is -0.356. The summed E-state index contributed by atoms with van der Waals surface area (Å²) in [5.41, 5.74) is 7.55. The molecule has 0 bridgehead atoms. The molecule has 0 atom stereocenters. The van der Waals surface area contributed by atoms with E-state index in [2.05, 4.69) is 69.6 Å². The maximum Gasteiger partial charge on any atom is 0.337 e. The van der Waals surface area contributed by atoms with Crippen LogP contribution in [0.5, 0.6) is 0 Å². The average molecular weight is 582 g/mol. The van der Waals surface area contributed by atoms with E-state index >= 15 is 0 Å². The second-order valence-electron chi connectivity index (χ2n) is 8.17. The van der Waals surface area contributed by atoms with Crippen LogP contribution in [0.4, 0.5) is 5.69 Å². The molecule has 0 aliphatic heterocycles. The first-order valence-corrected chi connectivity index (χ1v) is 12.6. The van der Waals surface area contributed by atoms with E-state index in [0.717, 1.165) is 39.5 Å². The highest BCUT2D eigenvalue weighted by molar-refractivity contribution is 14.1. The van der Waals surface area contributed by atoms with Crippen molar-refractivity contribution >= 4 is 40.5 Å². The van der Waals surface area contributed by atoms with Gasteiger partial charge < -0.3 is 9.30 Å². The summed E-state index contributed by atoms with van der Waals surface area (Å²) in [7, 11) is 1.39. The molecule has 0 spiro atoms. The van der Waals surface area contributed by atoms with E-state index in [1.807, 2.05) is 66.9 Å². The Morgan fingerprint density at radius 3 is 2.03 bits per heavy atom. The van der Waals surface area contributed by atoms with Gasteiger partial charge in [0.05, 0.1) is 29.7 Å². The summed E-state index contributed by atoms with van der Waals surface area (Å²) in [6.07, 6.45) is 1.93. The summed E-state index contributed by atoms with van der Waals surface area (Å²) in [6.45, 7) is 0. The number of rotatable bonds is 6. The predicted molar refractivity (Wildman–Crippen MR) is 154 cm³/mol. The molecule has 0 N–H and O–H groups in total. The van der Waals surface area contributed by atoms with Crippen LogP contribution in [0.15, 0.2) is 120 Å². The van der Waals surface area contributed by atoms with Crippen molar-refractivity contribution in [3.8, 4) is 28.2 Å². The first-order chi connectivity index (χ1) is 17.6. The Morgan fingerprint density at radius 1 is 0.806 bits per heavy atom. The van der Waals surface area contributed by atoms with Crippen molar-refractivity contribution in [3.05, 3.63) is 130 Å². The first-order valence-electron chi connectivity index (χ1n) is 11.5. The number of carbonyl (C=O) groups excluding carboxylic acids is 1. The third kappa shape index (κ3) is 5.02. The molecule has 0 amide bonds. The van der Waals surface area contributed by atoms with Crippen LogP contribution in [0, 0.1) is 3.57 Å². The number of aromatic nitrogens is 1. The molecule has 0 fully saturated rings. The summed E-state index contributed by atoms with van der Waals surface area (Å²) in [6, 6.07) is 38.4. The third-order valence-electron chi connectivity index (χ3n) is 5.87. The maximum atomic E-state index is 12.0. The first kappa shape index (κ1) is 23.8. The van der Waals surface area contributed by atoms with Crippen molar-refractivity contribution in [2.45, 2.75) is 0 Å². The standard InChI is InChI=1S/C31H23IN2O2/c1-36-31(35)24-12-18-28(19-13-24)34-29(22-8-4-2-5-9-22)20-25(30(34)23-10-6-3-7-11-23)21-33-27-16-14-26(32)15-17-27/h2-21H,1H3. The van der Waals surface area contributed by atoms with Crippen molar-refractivity contribution in [2.75, 3.05) is 7.11 Å². The van der Waals surface area contributed by atoms with E-state index in [1.54, 1.807) is 12.1 Å². The van der Waals surface area contributed by atoms with E-state index in [4.69, 9.17) is 9.73 Å². The minimum Gasteiger partial charge on any atom is -0.465 e. The molecule has 0 unspecified atom stereocenters. The van der Waals surface area contributed by atoms with E-state index in [1.165, 1.54) is 10.7 Å². The Bertz CT molecular complexity index is 1510. The van der Waals surface area contributed by atoms with E-state index in [0.29, 0.717) is 5.56 Å². The molecular weight excluding hydrogens is 559 g/mol. The van der Waals surface area contributed by atoms with Crippen LogP contribution < -0.4 is 0 Å². The van der Waals surface area contributed by atoms with Crippen molar-refractivity contribution < 1.29 is 9.53 Å². The van der Waals surface area contributed by atoms with Gasteiger partial charge in [0, 0.05) is 21.0 Å². The number of nitrogens with zero attached hydrogens (tertiary/aromatic N) is 2. The number of carbonyl (C=O) groups is 1. The summed E-state index contributed by atoms with van der Waals surface area (Å²) in [4.78, 5) is 16.8. The zero-order chi connectivity index (χ0) is 24.9. The zero-order valence-corrected chi connectivity index (χ0v) is 21.8. The van der Waals surface area contributed by atoms with Crippen molar-refractivity contribution in [3.63, 3.8) is 0 Å². The third-order valence-corrected chi connectivity index (χ3v) is 6.59. The van der Waals surface area contributed by atoms with E-state index < -0.39 is 0 Å². The molecule has 5 rings (SSSR count). The lowest BCUT2D eigenvalue weighted by molar-refractivity contribution is 0.0600. The van der Waals surface area contributed by atoms with Gasteiger partial charge in [0.1, 0.15) is 0 Å². The van der Waals surface area contributed by atoms with Gasteiger partial charge in [-0.25, -0.2) is 4.79 Å². The van der Waals surface area contributed by atoms with Gasteiger partial charge in [-0.1, -0.05) is 60.7 Å². The van der Waals surface area contributed by atoms with Gasteiger partial charge in [-0.15, -0.1) is 0 Å². The fraction of sp³-hybridized carbons (Fsp3) is 0.0323. The summed E-state index contributed by atoms with van der Waals surface area (Å²) >= 11 is 2.29. The normalized spacial score (nSPS) is 11.1. The minimum absolute atomic E-state index is 0.356.